The molecule has 0 aliphatic heterocycles. The SMILES string of the molecule is CC.CO[C@@H]1CCC[C@H](C)C1. The maximum Gasteiger partial charge on any atom is 0.0573 e. The van der Waals surface area contributed by atoms with Crippen LogP contribution in [0.2, 0.25) is 0 Å². The van der Waals surface area contributed by atoms with E-state index in [2.05, 4.69) is 6.92 Å². The summed E-state index contributed by atoms with van der Waals surface area (Å²) in [4.78, 5) is 0. The molecule has 1 saturated carbocycles. The first-order chi connectivity index (χ1) is 5.33. The average Bonchev–Trinajstić information content (AvgIpc) is 2.08. The van der Waals surface area contributed by atoms with Gasteiger partial charge in [-0.1, -0.05) is 33.6 Å². The summed E-state index contributed by atoms with van der Waals surface area (Å²) in [6, 6.07) is 0. The Morgan fingerprint density at radius 1 is 1.18 bits per heavy atom. The van der Waals surface area contributed by atoms with Gasteiger partial charge in [0.15, 0.2) is 0 Å². The molecule has 0 aromatic heterocycles. The topological polar surface area (TPSA) is 9.23 Å². The molecule has 0 aromatic carbocycles. The number of ether oxygens (including phenoxy) is 1. The van der Waals surface area contributed by atoms with E-state index in [0.717, 1.165) is 5.92 Å². The molecule has 0 heterocycles. The molecule has 1 heteroatoms. The lowest BCUT2D eigenvalue weighted by atomic mass is 9.89. The minimum Gasteiger partial charge on any atom is -0.381 e. The summed E-state index contributed by atoms with van der Waals surface area (Å²) in [6.07, 6.45) is 5.88. The van der Waals surface area contributed by atoms with Crippen LogP contribution in [0.3, 0.4) is 0 Å². The van der Waals surface area contributed by atoms with Gasteiger partial charge in [0.25, 0.3) is 0 Å². The Bertz CT molecular complexity index is 80.9. The fourth-order valence-corrected chi connectivity index (χ4v) is 1.59. The van der Waals surface area contributed by atoms with Crippen LogP contribution >= 0.6 is 0 Å². The van der Waals surface area contributed by atoms with E-state index >= 15 is 0 Å². The molecule has 0 N–H and O–H groups in total. The first-order valence-electron chi connectivity index (χ1n) is 4.85. The molecule has 1 fully saturated rings. The van der Waals surface area contributed by atoms with E-state index in [1.165, 1.54) is 25.7 Å². The van der Waals surface area contributed by atoms with Crippen LogP contribution < -0.4 is 0 Å². The van der Waals surface area contributed by atoms with Gasteiger partial charge in [0, 0.05) is 7.11 Å². The van der Waals surface area contributed by atoms with Gasteiger partial charge in [0.1, 0.15) is 0 Å². The molecule has 0 radical (unpaired) electrons. The minimum atomic E-state index is 0.564. The third-order valence-corrected chi connectivity index (χ3v) is 2.22. The molecule has 11 heavy (non-hydrogen) atoms. The quantitative estimate of drug-likeness (QED) is 0.569. The summed E-state index contributed by atoms with van der Waals surface area (Å²) >= 11 is 0. The fraction of sp³-hybridized carbons (Fsp3) is 1.00. The van der Waals surface area contributed by atoms with Crippen LogP contribution in [-0.2, 0) is 4.74 Å². The van der Waals surface area contributed by atoms with E-state index in [4.69, 9.17) is 4.74 Å². The highest BCUT2D eigenvalue weighted by Gasteiger charge is 2.17. The number of hydrogen-bond acceptors (Lipinski definition) is 1. The predicted octanol–water partition coefficient (Wildman–Crippen LogP) is 3.24. The Morgan fingerprint density at radius 2 is 1.82 bits per heavy atom. The second kappa shape index (κ2) is 6.66. The molecule has 1 aliphatic carbocycles. The van der Waals surface area contributed by atoms with Crippen molar-refractivity contribution in [3.8, 4) is 0 Å². The molecule has 1 aliphatic rings. The summed E-state index contributed by atoms with van der Waals surface area (Å²) < 4.78 is 5.26. The van der Waals surface area contributed by atoms with Crippen LogP contribution in [-0.4, -0.2) is 13.2 Å². The molecular formula is C10H22O. The summed E-state index contributed by atoms with van der Waals surface area (Å²) in [6.45, 7) is 6.31. The van der Waals surface area contributed by atoms with E-state index in [1.807, 2.05) is 21.0 Å². The molecule has 2 atom stereocenters. The summed E-state index contributed by atoms with van der Waals surface area (Å²) in [5.41, 5.74) is 0. The van der Waals surface area contributed by atoms with Crippen molar-refractivity contribution in [3.05, 3.63) is 0 Å². The summed E-state index contributed by atoms with van der Waals surface area (Å²) in [7, 11) is 1.82. The Hall–Kier alpha value is -0.0400. The van der Waals surface area contributed by atoms with Crippen LogP contribution in [0.15, 0.2) is 0 Å². The van der Waals surface area contributed by atoms with Gasteiger partial charge in [-0.15, -0.1) is 0 Å². The fourth-order valence-electron chi connectivity index (χ4n) is 1.59. The van der Waals surface area contributed by atoms with Gasteiger partial charge >= 0.3 is 0 Å². The lowest BCUT2D eigenvalue weighted by Crippen LogP contribution is -2.19. The van der Waals surface area contributed by atoms with Crippen LogP contribution in [0.25, 0.3) is 0 Å². The number of methoxy groups -OCH3 is 1. The van der Waals surface area contributed by atoms with Gasteiger partial charge in [-0.3, -0.25) is 0 Å². The monoisotopic (exact) mass is 158 g/mol. The van der Waals surface area contributed by atoms with E-state index < -0.39 is 0 Å². The lowest BCUT2D eigenvalue weighted by Gasteiger charge is -2.25. The largest absolute Gasteiger partial charge is 0.381 e. The minimum absolute atomic E-state index is 0.564. The number of rotatable bonds is 1. The van der Waals surface area contributed by atoms with E-state index in [9.17, 15) is 0 Å². The maximum atomic E-state index is 5.26. The zero-order valence-corrected chi connectivity index (χ0v) is 8.39. The van der Waals surface area contributed by atoms with Gasteiger partial charge < -0.3 is 4.74 Å². The zero-order chi connectivity index (χ0) is 8.69. The van der Waals surface area contributed by atoms with E-state index in [-0.39, 0.29) is 0 Å². The van der Waals surface area contributed by atoms with Gasteiger partial charge in [0.05, 0.1) is 6.10 Å². The van der Waals surface area contributed by atoms with Crippen LogP contribution in [0.4, 0.5) is 0 Å². The van der Waals surface area contributed by atoms with Crippen molar-refractivity contribution in [1.29, 1.82) is 0 Å². The van der Waals surface area contributed by atoms with E-state index in [0.29, 0.717) is 6.10 Å². The van der Waals surface area contributed by atoms with Gasteiger partial charge in [-0.05, 0) is 18.8 Å². The van der Waals surface area contributed by atoms with Crippen LogP contribution in [0, 0.1) is 5.92 Å². The highest BCUT2D eigenvalue weighted by molar-refractivity contribution is 4.69. The van der Waals surface area contributed by atoms with Crippen molar-refractivity contribution >= 4 is 0 Å². The predicted molar refractivity (Wildman–Crippen MR) is 49.8 cm³/mol. The molecule has 1 nitrogen and oxygen atoms in total. The standard InChI is InChI=1S/C8H16O.C2H6/c1-7-4-3-5-8(6-7)9-2;1-2/h7-8H,3-6H2,1-2H3;1-2H3/t7-,8+;/m0./s1. The number of hydrogen-bond donors (Lipinski definition) is 0. The molecule has 68 valence electrons. The molecule has 0 bridgehead atoms. The Kier molecular flexibility index (Phi) is 6.63. The molecule has 0 spiro atoms. The second-order valence-electron chi connectivity index (χ2n) is 3.13. The lowest BCUT2D eigenvalue weighted by molar-refractivity contribution is 0.0542. The maximum absolute atomic E-state index is 5.26. The van der Waals surface area contributed by atoms with E-state index in [1.54, 1.807) is 0 Å². The summed E-state index contributed by atoms with van der Waals surface area (Å²) in [5, 5.41) is 0. The first-order valence-corrected chi connectivity index (χ1v) is 4.85. The van der Waals surface area contributed by atoms with Crippen molar-refractivity contribution in [2.75, 3.05) is 7.11 Å². The second-order valence-corrected chi connectivity index (χ2v) is 3.13. The highest BCUT2D eigenvalue weighted by atomic mass is 16.5. The molecular weight excluding hydrogens is 136 g/mol. The normalized spacial score (nSPS) is 30.5. The van der Waals surface area contributed by atoms with Crippen LogP contribution in [0.5, 0.6) is 0 Å². The van der Waals surface area contributed by atoms with Crippen LogP contribution in [0.1, 0.15) is 46.5 Å². The Balaban J connectivity index is 0.000000461. The molecule has 0 unspecified atom stereocenters. The van der Waals surface area contributed by atoms with Crippen molar-refractivity contribution < 1.29 is 4.74 Å². The first kappa shape index (κ1) is 11.0. The van der Waals surface area contributed by atoms with Crippen molar-refractivity contribution in [2.24, 2.45) is 5.92 Å². The third kappa shape index (κ3) is 4.41. The molecule has 1 rings (SSSR count). The van der Waals surface area contributed by atoms with Crippen molar-refractivity contribution in [3.63, 3.8) is 0 Å². The smallest absolute Gasteiger partial charge is 0.0573 e. The Labute approximate surface area is 71.1 Å². The molecule has 0 amide bonds. The molecule has 0 saturated heterocycles. The summed E-state index contributed by atoms with van der Waals surface area (Å²) in [5.74, 6) is 0.892. The van der Waals surface area contributed by atoms with Gasteiger partial charge in [0.2, 0.25) is 0 Å². The van der Waals surface area contributed by atoms with Crippen molar-refractivity contribution in [1.82, 2.24) is 0 Å². The molecule has 0 aromatic rings. The Morgan fingerprint density at radius 3 is 2.18 bits per heavy atom. The highest BCUT2D eigenvalue weighted by Crippen LogP contribution is 2.24. The van der Waals surface area contributed by atoms with Gasteiger partial charge in [-0.2, -0.15) is 0 Å². The van der Waals surface area contributed by atoms with Crippen molar-refractivity contribution in [2.45, 2.75) is 52.6 Å². The zero-order valence-electron chi connectivity index (χ0n) is 8.39. The third-order valence-electron chi connectivity index (χ3n) is 2.22. The average molecular weight is 158 g/mol. The van der Waals surface area contributed by atoms with Gasteiger partial charge in [-0.25, -0.2) is 0 Å².